The number of thioether (sulfide) groups is 1. The minimum Gasteiger partial charge on any atom is -0.394 e. The molecule has 1 unspecified atom stereocenters. The molecule has 0 saturated carbocycles. The van der Waals surface area contributed by atoms with E-state index in [1.54, 1.807) is 22.7 Å². The molecule has 118 valence electrons. The largest absolute Gasteiger partial charge is 0.394 e. The van der Waals surface area contributed by atoms with Crippen LogP contribution in [0.25, 0.3) is 11.3 Å². The van der Waals surface area contributed by atoms with E-state index in [1.807, 2.05) is 42.8 Å². The van der Waals surface area contributed by atoms with Crippen molar-refractivity contribution in [1.82, 2.24) is 14.9 Å². The monoisotopic (exact) mass is 319 g/mol. The van der Waals surface area contributed by atoms with E-state index in [2.05, 4.69) is 10.3 Å². The lowest BCUT2D eigenvalue weighted by Gasteiger charge is -2.15. The summed E-state index contributed by atoms with van der Waals surface area (Å²) in [6, 6.07) is 9.65. The van der Waals surface area contributed by atoms with Gasteiger partial charge in [0, 0.05) is 11.8 Å². The third-order valence-electron chi connectivity index (χ3n) is 3.28. The molecular weight excluding hydrogens is 298 g/mol. The van der Waals surface area contributed by atoms with Crippen molar-refractivity contribution in [2.24, 2.45) is 0 Å². The summed E-state index contributed by atoms with van der Waals surface area (Å²) in [6.45, 7) is 0.168. The number of rotatable bonds is 8. The van der Waals surface area contributed by atoms with E-state index in [0.717, 1.165) is 23.4 Å². The molecule has 5 nitrogen and oxygen atoms in total. The molecule has 0 aliphatic rings. The predicted octanol–water partition coefficient (Wildman–Crippen LogP) is 1.78. The van der Waals surface area contributed by atoms with Crippen LogP contribution in [0.1, 0.15) is 6.42 Å². The van der Waals surface area contributed by atoms with E-state index in [9.17, 15) is 9.90 Å². The standard InChI is InChI=1S/C16H21N3O2S/c1-22-8-7-14(11-20)18-16(21)10-19-9-15(17-12-19)13-5-3-2-4-6-13/h2-6,9,12,14,20H,7-8,10-11H2,1H3,(H,18,21). The van der Waals surface area contributed by atoms with Crippen molar-refractivity contribution in [1.29, 1.82) is 0 Å². The molecular formula is C16H21N3O2S. The molecule has 1 amide bonds. The molecule has 2 rings (SSSR count). The van der Waals surface area contributed by atoms with Crippen LogP contribution in [0.5, 0.6) is 0 Å². The highest BCUT2D eigenvalue weighted by Crippen LogP contribution is 2.15. The number of aliphatic hydroxyl groups excluding tert-OH is 1. The topological polar surface area (TPSA) is 67.2 Å². The fraction of sp³-hybridized carbons (Fsp3) is 0.375. The maximum Gasteiger partial charge on any atom is 0.240 e. The summed E-state index contributed by atoms with van der Waals surface area (Å²) in [5.41, 5.74) is 1.87. The summed E-state index contributed by atoms with van der Waals surface area (Å²) in [5, 5.41) is 12.1. The third kappa shape index (κ3) is 4.89. The minimum atomic E-state index is -0.183. The fourth-order valence-electron chi connectivity index (χ4n) is 2.11. The average Bonchev–Trinajstić information content (AvgIpc) is 3.00. The molecule has 22 heavy (non-hydrogen) atoms. The number of aliphatic hydroxyl groups is 1. The lowest BCUT2D eigenvalue weighted by molar-refractivity contribution is -0.122. The molecule has 1 atom stereocenters. The van der Waals surface area contributed by atoms with Gasteiger partial charge in [-0.3, -0.25) is 4.79 Å². The number of hydrogen-bond acceptors (Lipinski definition) is 4. The van der Waals surface area contributed by atoms with E-state index >= 15 is 0 Å². The molecule has 0 spiro atoms. The number of carbonyl (C=O) groups is 1. The van der Waals surface area contributed by atoms with Crippen LogP contribution in [0.15, 0.2) is 42.9 Å². The van der Waals surface area contributed by atoms with Crippen molar-refractivity contribution >= 4 is 17.7 Å². The number of nitrogens with zero attached hydrogens (tertiary/aromatic N) is 2. The molecule has 2 N–H and O–H groups in total. The Morgan fingerprint density at radius 1 is 1.41 bits per heavy atom. The number of amides is 1. The zero-order valence-corrected chi connectivity index (χ0v) is 13.4. The van der Waals surface area contributed by atoms with Crippen molar-refractivity contribution in [3.8, 4) is 11.3 Å². The second-order valence-electron chi connectivity index (χ2n) is 5.03. The highest BCUT2D eigenvalue weighted by atomic mass is 32.2. The van der Waals surface area contributed by atoms with E-state index < -0.39 is 0 Å². The van der Waals surface area contributed by atoms with Gasteiger partial charge in [0.05, 0.1) is 24.7 Å². The summed E-state index contributed by atoms with van der Waals surface area (Å²) in [7, 11) is 0. The van der Waals surface area contributed by atoms with Gasteiger partial charge in [-0.05, 0) is 18.4 Å². The van der Waals surface area contributed by atoms with Gasteiger partial charge in [0.25, 0.3) is 0 Å². The molecule has 1 aromatic heterocycles. The quantitative estimate of drug-likeness (QED) is 0.778. The Hall–Kier alpha value is -1.79. The van der Waals surface area contributed by atoms with Gasteiger partial charge in [-0.25, -0.2) is 4.98 Å². The lowest BCUT2D eigenvalue weighted by Crippen LogP contribution is -2.39. The smallest absolute Gasteiger partial charge is 0.240 e. The van der Waals surface area contributed by atoms with E-state index in [-0.39, 0.29) is 25.1 Å². The molecule has 6 heteroatoms. The van der Waals surface area contributed by atoms with Crippen LogP contribution in [0.4, 0.5) is 0 Å². The van der Waals surface area contributed by atoms with Crippen molar-refractivity contribution in [2.45, 2.75) is 19.0 Å². The van der Waals surface area contributed by atoms with E-state index in [1.165, 1.54) is 0 Å². The van der Waals surface area contributed by atoms with Gasteiger partial charge in [0.1, 0.15) is 6.54 Å². The van der Waals surface area contributed by atoms with Crippen LogP contribution >= 0.6 is 11.8 Å². The normalized spacial score (nSPS) is 12.1. The fourth-order valence-corrected chi connectivity index (χ4v) is 2.63. The van der Waals surface area contributed by atoms with E-state index in [4.69, 9.17) is 0 Å². The number of aromatic nitrogens is 2. The maximum absolute atomic E-state index is 12.0. The van der Waals surface area contributed by atoms with Crippen LogP contribution in [0.3, 0.4) is 0 Å². The number of benzene rings is 1. The number of nitrogens with one attached hydrogen (secondary N) is 1. The van der Waals surface area contributed by atoms with Gasteiger partial charge in [-0.2, -0.15) is 11.8 Å². The Kier molecular flexibility index (Phi) is 6.48. The molecule has 0 saturated heterocycles. The minimum absolute atomic E-state index is 0.0362. The number of carbonyl (C=O) groups excluding carboxylic acids is 1. The highest BCUT2D eigenvalue weighted by Gasteiger charge is 2.12. The second-order valence-corrected chi connectivity index (χ2v) is 6.01. The summed E-state index contributed by atoms with van der Waals surface area (Å²) in [5.74, 6) is 0.798. The SMILES string of the molecule is CSCCC(CO)NC(=O)Cn1cnc(-c2ccccc2)c1. The molecule has 2 aromatic rings. The second kappa shape index (κ2) is 8.60. The van der Waals surface area contributed by atoms with Crippen molar-refractivity contribution in [3.05, 3.63) is 42.9 Å². The van der Waals surface area contributed by atoms with Gasteiger partial charge in [-0.1, -0.05) is 30.3 Å². The Morgan fingerprint density at radius 2 is 2.18 bits per heavy atom. The Bertz CT molecular complexity index is 586. The first-order valence-corrected chi connectivity index (χ1v) is 8.58. The van der Waals surface area contributed by atoms with E-state index in [0.29, 0.717) is 0 Å². The summed E-state index contributed by atoms with van der Waals surface area (Å²) in [4.78, 5) is 16.3. The predicted molar refractivity (Wildman–Crippen MR) is 89.7 cm³/mol. The van der Waals surface area contributed by atoms with Crippen LogP contribution in [0, 0.1) is 0 Å². The van der Waals surface area contributed by atoms with Crippen molar-refractivity contribution in [2.75, 3.05) is 18.6 Å². The summed E-state index contributed by atoms with van der Waals surface area (Å²) in [6.07, 6.45) is 6.28. The van der Waals surface area contributed by atoms with Crippen molar-refractivity contribution < 1.29 is 9.90 Å². The maximum atomic E-state index is 12.0. The highest BCUT2D eigenvalue weighted by molar-refractivity contribution is 7.98. The summed E-state index contributed by atoms with van der Waals surface area (Å²) >= 11 is 1.70. The zero-order valence-electron chi connectivity index (χ0n) is 12.6. The molecule has 0 radical (unpaired) electrons. The number of hydrogen-bond donors (Lipinski definition) is 2. The first-order valence-electron chi connectivity index (χ1n) is 7.19. The first kappa shape index (κ1) is 16.6. The molecule has 1 heterocycles. The Balaban J connectivity index is 1.91. The van der Waals surface area contributed by atoms with Gasteiger partial charge >= 0.3 is 0 Å². The van der Waals surface area contributed by atoms with Crippen LogP contribution in [0.2, 0.25) is 0 Å². The van der Waals surface area contributed by atoms with Gasteiger partial charge in [0.15, 0.2) is 0 Å². The van der Waals surface area contributed by atoms with Gasteiger partial charge < -0.3 is 15.0 Å². The van der Waals surface area contributed by atoms with Crippen LogP contribution < -0.4 is 5.32 Å². The molecule has 1 aromatic carbocycles. The van der Waals surface area contributed by atoms with Crippen molar-refractivity contribution in [3.63, 3.8) is 0 Å². The molecule has 0 aliphatic carbocycles. The Morgan fingerprint density at radius 3 is 2.86 bits per heavy atom. The summed E-state index contributed by atoms with van der Waals surface area (Å²) < 4.78 is 1.75. The average molecular weight is 319 g/mol. The van der Waals surface area contributed by atoms with Gasteiger partial charge in [0.2, 0.25) is 5.91 Å². The zero-order chi connectivity index (χ0) is 15.8. The molecule has 0 bridgehead atoms. The van der Waals surface area contributed by atoms with Crippen LogP contribution in [-0.2, 0) is 11.3 Å². The first-order chi connectivity index (χ1) is 10.7. The Labute approximate surface area is 134 Å². The third-order valence-corrected chi connectivity index (χ3v) is 3.93. The lowest BCUT2D eigenvalue weighted by atomic mass is 10.2. The molecule has 0 fully saturated rings. The number of imidazole rings is 1. The van der Waals surface area contributed by atoms with Crippen LogP contribution in [-0.4, -0.2) is 45.2 Å². The molecule has 0 aliphatic heterocycles. The van der Waals surface area contributed by atoms with Gasteiger partial charge in [-0.15, -0.1) is 0 Å².